The Kier molecular flexibility index (Phi) is 5.24. The number of nitrogens with zero attached hydrogens (tertiary/aromatic N) is 2. The highest BCUT2D eigenvalue weighted by Gasteiger charge is 2.46. The van der Waals surface area contributed by atoms with Gasteiger partial charge >= 0.3 is 5.97 Å². The molecule has 23 heavy (non-hydrogen) atoms. The predicted octanol–water partition coefficient (Wildman–Crippen LogP) is 2.50. The molecular weight excluding hydrogens is 292 g/mol. The van der Waals surface area contributed by atoms with Gasteiger partial charge in [0.15, 0.2) is 0 Å². The molecule has 0 bridgehead atoms. The van der Waals surface area contributed by atoms with Crippen LogP contribution < -0.4 is 0 Å². The fourth-order valence-corrected chi connectivity index (χ4v) is 5.02. The normalized spacial score (nSPS) is 35.1. The van der Waals surface area contributed by atoms with Crippen LogP contribution in [0.15, 0.2) is 0 Å². The quantitative estimate of drug-likeness (QED) is 0.864. The number of rotatable bonds is 4. The molecule has 5 heteroatoms. The molecule has 130 valence electrons. The first-order valence-electron chi connectivity index (χ1n) is 9.39. The average Bonchev–Trinajstić information content (AvgIpc) is 2.94. The number of hydrogen-bond acceptors (Lipinski definition) is 3. The molecule has 1 N–H and O–H groups in total. The number of likely N-dealkylation sites (tertiary alicyclic amines) is 2. The smallest absolute Gasteiger partial charge is 0.320 e. The van der Waals surface area contributed by atoms with E-state index < -0.39 is 12.0 Å². The molecular formula is C18H30N2O3. The summed E-state index contributed by atoms with van der Waals surface area (Å²) < 4.78 is 0. The van der Waals surface area contributed by atoms with Crippen molar-refractivity contribution in [3.8, 4) is 0 Å². The minimum Gasteiger partial charge on any atom is -0.480 e. The summed E-state index contributed by atoms with van der Waals surface area (Å²) in [5, 5.41) is 9.59. The lowest BCUT2D eigenvalue weighted by atomic mass is 9.85. The van der Waals surface area contributed by atoms with Crippen LogP contribution in [0.3, 0.4) is 0 Å². The molecule has 3 rings (SSSR count). The molecule has 2 heterocycles. The molecule has 0 aromatic heterocycles. The van der Waals surface area contributed by atoms with Gasteiger partial charge in [0, 0.05) is 18.6 Å². The minimum atomic E-state index is -0.752. The Morgan fingerprint density at radius 1 is 1.09 bits per heavy atom. The number of carboxylic acids is 1. The fraction of sp³-hybridized carbons (Fsp3) is 0.889. The van der Waals surface area contributed by atoms with Crippen LogP contribution in [0.5, 0.6) is 0 Å². The maximum Gasteiger partial charge on any atom is 0.320 e. The topological polar surface area (TPSA) is 60.9 Å². The van der Waals surface area contributed by atoms with Crippen LogP contribution in [0, 0.1) is 5.92 Å². The van der Waals surface area contributed by atoms with Crippen molar-refractivity contribution in [2.45, 2.75) is 82.8 Å². The molecule has 4 atom stereocenters. The van der Waals surface area contributed by atoms with E-state index in [1.165, 1.54) is 19.3 Å². The van der Waals surface area contributed by atoms with Crippen LogP contribution >= 0.6 is 0 Å². The van der Waals surface area contributed by atoms with Gasteiger partial charge in [-0.3, -0.25) is 14.5 Å². The summed E-state index contributed by atoms with van der Waals surface area (Å²) in [6.45, 7) is 3.29. The van der Waals surface area contributed by atoms with Gasteiger partial charge in [-0.15, -0.1) is 0 Å². The second-order valence-electron chi connectivity index (χ2n) is 7.52. The van der Waals surface area contributed by atoms with Crippen LogP contribution in [-0.4, -0.2) is 58.0 Å². The lowest BCUT2D eigenvalue weighted by molar-refractivity contribution is -0.145. The van der Waals surface area contributed by atoms with E-state index in [0.29, 0.717) is 24.5 Å². The molecule has 0 radical (unpaired) electrons. The number of carbonyl (C=O) groups excluding carboxylic acids is 1. The Labute approximate surface area is 139 Å². The van der Waals surface area contributed by atoms with Gasteiger partial charge in [-0.2, -0.15) is 0 Å². The SMILES string of the molecule is CC[C@@H]1CCCCN1C(=O)CN1[C@H](C(=O)O)C[C@@H]2CCCC[C@@H]21. The second kappa shape index (κ2) is 7.20. The molecule has 1 saturated carbocycles. The summed E-state index contributed by atoms with van der Waals surface area (Å²) in [7, 11) is 0. The van der Waals surface area contributed by atoms with Crippen molar-refractivity contribution in [2.75, 3.05) is 13.1 Å². The molecule has 1 aliphatic carbocycles. The van der Waals surface area contributed by atoms with E-state index in [4.69, 9.17) is 0 Å². The lowest BCUT2D eigenvalue weighted by Gasteiger charge is -2.38. The van der Waals surface area contributed by atoms with Gasteiger partial charge in [0.1, 0.15) is 6.04 Å². The predicted molar refractivity (Wildman–Crippen MR) is 88.1 cm³/mol. The molecule has 3 aliphatic rings. The third kappa shape index (κ3) is 3.39. The summed E-state index contributed by atoms with van der Waals surface area (Å²) in [5.74, 6) is -0.132. The van der Waals surface area contributed by atoms with Gasteiger partial charge in [-0.25, -0.2) is 0 Å². The van der Waals surface area contributed by atoms with Crippen molar-refractivity contribution < 1.29 is 14.7 Å². The summed E-state index contributed by atoms with van der Waals surface area (Å²) in [6, 6.07) is 0.194. The van der Waals surface area contributed by atoms with Crippen LogP contribution in [0.4, 0.5) is 0 Å². The van der Waals surface area contributed by atoms with Gasteiger partial charge in [0.2, 0.25) is 5.91 Å². The number of aliphatic carboxylic acids is 1. The maximum atomic E-state index is 12.9. The van der Waals surface area contributed by atoms with Crippen molar-refractivity contribution in [3.05, 3.63) is 0 Å². The minimum absolute atomic E-state index is 0.147. The van der Waals surface area contributed by atoms with E-state index in [-0.39, 0.29) is 5.91 Å². The maximum absolute atomic E-state index is 12.9. The molecule has 0 unspecified atom stereocenters. The van der Waals surface area contributed by atoms with Gasteiger partial charge in [0.25, 0.3) is 0 Å². The zero-order chi connectivity index (χ0) is 16.4. The third-order valence-corrected chi connectivity index (χ3v) is 6.24. The zero-order valence-electron chi connectivity index (χ0n) is 14.2. The first-order valence-corrected chi connectivity index (χ1v) is 9.39. The van der Waals surface area contributed by atoms with Crippen LogP contribution in [-0.2, 0) is 9.59 Å². The molecule has 2 aliphatic heterocycles. The van der Waals surface area contributed by atoms with Gasteiger partial charge in [0.05, 0.1) is 6.54 Å². The summed E-state index contributed by atoms with van der Waals surface area (Å²) in [4.78, 5) is 28.6. The Balaban J connectivity index is 1.70. The van der Waals surface area contributed by atoms with Crippen LogP contribution in [0.25, 0.3) is 0 Å². The lowest BCUT2D eigenvalue weighted by Crippen LogP contribution is -2.51. The number of carbonyl (C=O) groups is 2. The van der Waals surface area contributed by atoms with E-state index in [0.717, 1.165) is 45.1 Å². The van der Waals surface area contributed by atoms with Crippen LogP contribution in [0.2, 0.25) is 0 Å². The number of piperidine rings is 1. The van der Waals surface area contributed by atoms with Crippen molar-refractivity contribution in [1.29, 1.82) is 0 Å². The number of amides is 1. The zero-order valence-corrected chi connectivity index (χ0v) is 14.2. The molecule has 3 fully saturated rings. The highest BCUT2D eigenvalue weighted by atomic mass is 16.4. The second-order valence-corrected chi connectivity index (χ2v) is 7.52. The standard InChI is InChI=1S/C18H30N2O3/c1-2-14-8-5-6-10-19(14)17(21)12-20-15-9-4-3-7-13(15)11-16(20)18(22)23/h13-16H,2-12H2,1H3,(H,22,23)/t13-,14+,15-,16-/m0/s1. The van der Waals surface area contributed by atoms with Crippen molar-refractivity contribution in [3.63, 3.8) is 0 Å². The molecule has 1 amide bonds. The van der Waals surface area contributed by atoms with Gasteiger partial charge in [-0.1, -0.05) is 19.8 Å². The Morgan fingerprint density at radius 3 is 2.57 bits per heavy atom. The average molecular weight is 322 g/mol. The first kappa shape index (κ1) is 16.7. The largest absolute Gasteiger partial charge is 0.480 e. The van der Waals surface area contributed by atoms with E-state index in [2.05, 4.69) is 6.92 Å². The Bertz CT molecular complexity index is 454. The first-order chi connectivity index (χ1) is 11.1. The third-order valence-electron chi connectivity index (χ3n) is 6.24. The highest BCUT2D eigenvalue weighted by Crippen LogP contribution is 2.39. The van der Waals surface area contributed by atoms with Crippen LogP contribution in [0.1, 0.15) is 64.7 Å². The van der Waals surface area contributed by atoms with Crippen molar-refractivity contribution >= 4 is 11.9 Å². The Morgan fingerprint density at radius 2 is 1.83 bits per heavy atom. The monoisotopic (exact) mass is 322 g/mol. The van der Waals surface area contributed by atoms with E-state index in [1.54, 1.807) is 0 Å². The molecule has 2 saturated heterocycles. The molecule has 0 spiro atoms. The van der Waals surface area contributed by atoms with E-state index in [1.807, 2.05) is 9.80 Å². The molecule has 0 aromatic rings. The Hall–Kier alpha value is -1.10. The summed E-state index contributed by atoms with van der Waals surface area (Å²) in [5.41, 5.74) is 0. The summed E-state index contributed by atoms with van der Waals surface area (Å²) in [6.07, 6.45) is 9.66. The number of fused-ring (bicyclic) bond motifs is 1. The molecule has 5 nitrogen and oxygen atoms in total. The van der Waals surface area contributed by atoms with E-state index in [9.17, 15) is 14.7 Å². The van der Waals surface area contributed by atoms with Gasteiger partial charge in [-0.05, 0) is 50.9 Å². The summed E-state index contributed by atoms with van der Waals surface area (Å²) >= 11 is 0. The number of carboxylic acid groups (broad SMARTS) is 1. The number of hydrogen-bond donors (Lipinski definition) is 1. The van der Waals surface area contributed by atoms with Crippen molar-refractivity contribution in [1.82, 2.24) is 9.80 Å². The van der Waals surface area contributed by atoms with Gasteiger partial charge < -0.3 is 10.0 Å². The molecule has 0 aromatic carbocycles. The fourth-order valence-electron chi connectivity index (χ4n) is 5.02. The van der Waals surface area contributed by atoms with E-state index >= 15 is 0 Å². The van der Waals surface area contributed by atoms with Crippen molar-refractivity contribution in [2.24, 2.45) is 5.92 Å². The highest BCUT2D eigenvalue weighted by molar-refractivity contribution is 5.81.